The summed E-state index contributed by atoms with van der Waals surface area (Å²) >= 11 is 5.82. The second-order valence-electron chi connectivity index (χ2n) is 4.53. The van der Waals surface area contributed by atoms with Crippen molar-refractivity contribution < 1.29 is 0 Å². The molecule has 1 heterocycles. The summed E-state index contributed by atoms with van der Waals surface area (Å²) in [5.74, 6) is 0.520. The lowest BCUT2D eigenvalue weighted by Crippen LogP contribution is -2.13. The maximum absolute atomic E-state index is 11.8. The topological polar surface area (TPSA) is 37.8 Å². The maximum atomic E-state index is 11.8. The first-order chi connectivity index (χ1) is 8.06. The van der Waals surface area contributed by atoms with Crippen molar-refractivity contribution in [2.75, 3.05) is 0 Å². The summed E-state index contributed by atoms with van der Waals surface area (Å²) in [5, 5.41) is 3.77. The first kappa shape index (κ1) is 12.0. The fourth-order valence-corrected chi connectivity index (χ4v) is 1.90. The molecule has 0 spiro atoms. The van der Waals surface area contributed by atoms with Gasteiger partial charge >= 0.3 is 0 Å². The van der Waals surface area contributed by atoms with E-state index in [0.717, 1.165) is 17.8 Å². The highest BCUT2D eigenvalue weighted by Crippen LogP contribution is 2.12. The molecule has 0 aliphatic heterocycles. The molecular formula is C13H15ClN2O. The Morgan fingerprint density at radius 3 is 2.53 bits per heavy atom. The average molecular weight is 251 g/mol. The molecule has 0 saturated carbocycles. The van der Waals surface area contributed by atoms with Gasteiger partial charge in [-0.15, -0.1) is 0 Å². The van der Waals surface area contributed by atoms with E-state index >= 15 is 0 Å². The zero-order valence-electron chi connectivity index (χ0n) is 9.90. The molecule has 0 radical (unpaired) electrons. The largest absolute Gasteiger partial charge is 0.295 e. The van der Waals surface area contributed by atoms with Crippen LogP contribution in [0.5, 0.6) is 0 Å². The molecule has 1 N–H and O–H groups in total. The Kier molecular flexibility index (Phi) is 3.38. The van der Waals surface area contributed by atoms with Gasteiger partial charge in [0, 0.05) is 16.8 Å². The number of hydrogen-bond acceptors (Lipinski definition) is 1. The second kappa shape index (κ2) is 4.80. The smallest absolute Gasteiger partial charge is 0.271 e. The lowest BCUT2D eigenvalue weighted by molar-refractivity contribution is 0.628. The van der Waals surface area contributed by atoms with E-state index in [1.807, 2.05) is 12.1 Å². The van der Waals surface area contributed by atoms with Gasteiger partial charge in [0.05, 0.1) is 5.69 Å². The SMILES string of the molecule is CC(C)Cc1cc(=O)n(-c2ccc(Cl)cc2)[nH]1. The third-order valence-electron chi connectivity index (χ3n) is 2.49. The third-order valence-corrected chi connectivity index (χ3v) is 2.74. The van der Waals surface area contributed by atoms with Crippen molar-refractivity contribution in [2.45, 2.75) is 20.3 Å². The van der Waals surface area contributed by atoms with Gasteiger partial charge < -0.3 is 0 Å². The van der Waals surface area contributed by atoms with Crippen LogP contribution in [0.3, 0.4) is 0 Å². The number of nitrogens with one attached hydrogen (secondary N) is 1. The van der Waals surface area contributed by atoms with Crippen LogP contribution in [-0.2, 0) is 6.42 Å². The molecule has 0 aliphatic rings. The first-order valence-corrected chi connectivity index (χ1v) is 6.01. The Bertz CT molecular complexity index is 552. The van der Waals surface area contributed by atoms with Gasteiger partial charge in [0.2, 0.25) is 0 Å². The maximum Gasteiger partial charge on any atom is 0.271 e. The lowest BCUT2D eigenvalue weighted by atomic mass is 10.1. The Balaban J connectivity index is 2.36. The van der Waals surface area contributed by atoms with Crippen molar-refractivity contribution in [3.05, 3.63) is 51.4 Å². The van der Waals surface area contributed by atoms with E-state index in [0.29, 0.717) is 10.9 Å². The molecule has 1 aromatic carbocycles. The van der Waals surface area contributed by atoms with Crippen LogP contribution in [0.1, 0.15) is 19.5 Å². The van der Waals surface area contributed by atoms with Crippen molar-refractivity contribution in [1.82, 2.24) is 9.78 Å². The summed E-state index contributed by atoms with van der Waals surface area (Å²) in [5.41, 5.74) is 1.72. The molecule has 0 atom stereocenters. The van der Waals surface area contributed by atoms with Gasteiger partial charge in [0.1, 0.15) is 0 Å². The minimum atomic E-state index is -0.0389. The molecule has 17 heavy (non-hydrogen) atoms. The summed E-state index contributed by atoms with van der Waals surface area (Å²) in [6, 6.07) is 8.83. The first-order valence-electron chi connectivity index (χ1n) is 5.63. The van der Waals surface area contributed by atoms with Gasteiger partial charge in [0.15, 0.2) is 0 Å². The third kappa shape index (κ3) is 2.80. The second-order valence-corrected chi connectivity index (χ2v) is 4.97. The normalized spacial score (nSPS) is 11.1. The van der Waals surface area contributed by atoms with E-state index in [-0.39, 0.29) is 5.56 Å². The number of aromatic nitrogens is 2. The van der Waals surface area contributed by atoms with E-state index in [9.17, 15) is 4.79 Å². The Morgan fingerprint density at radius 1 is 1.29 bits per heavy atom. The molecule has 0 unspecified atom stereocenters. The zero-order valence-corrected chi connectivity index (χ0v) is 10.7. The van der Waals surface area contributed by atoms with Crippen LogP contribution < -0.4 is 5.56 Å². The predicted octanol–water partition coefficient (Wildman–Crippen LogP) is 3.02. The quantitative estimate of drug-likeness (QED) is 0.894. The van der Waals surface area contributed by atoms with E-state index < -0.39 is 0 Å². The molecule has 1 aromatic heterocycles. The van der Waals surface area contributed by atoms with Gasteiger partial charge in [-0.3, -0.25) is 9.89 Å². The molecule has 0 fully saturated rings. The molecule has 0 saturated heterocycles. The molecule has 2 aromatic rings. The Morgan fingerprint density at radius 2 is 1.94 bits per heavy atom. The number of halogens is 1. The Labute approximate surface area is 105 Å². The average Bonchev–Trinajstić information content (AvgIpc) is 2.59. The van der Waals surface area contributed by atoms with Crippen LogP contribution in [0.2, 0.25) is 5.02 Å². The lowest BCUT2D eigenvalue weighted by Gasteiger charge is -2.03. The molecule has 0 amide bonds. The molecule has 4 heteroatoms. The van der Waals surface area contributed by atoms with Crippen molar-refractivity contribution in [3.63, 3.8) is 0 Å². The molecule has 0 bridgehead atoms. The Hall–Kier alpha value is -1.48. The van der Waals surface area contributed by atoms with Crippen molar-refractivity contribution in [2.24, 2.45) is 5.92 Å². The predicted molar refractivity (Wildman–Crippen MR) is 69.9 cm³/mol. The number of H-pyrrole nitrogens is 1. The summed E-state index contributed by atoms with van der Waals surface area (Å²) in [7, 11) is 0. The van der Waals surface area contributed by atoms with Crippen LogP contribution in [0.15, 0.2) is 35.1 Å². The minimum absolute atomic E-state index is 0.0389. The van der Waals surface area contributed by atoms with Crippen molar-refractivity contribution in [1.29, 1.82) is 0 Å². The summed E-state index contributed by atoms with van der Waals surface area (Å²) in [4.78, 5) is 11.8. The van der Waals surface area contributed by atoms with Crippen LogP contribution in [0.4, 0.5) is 0 Å². The summed E-state index contributed by atoms with van der Waals surface area (Å²) in [6.45, 7) is 4.25. The monoisotopic (exact) mass is 250 g/mol. The van der Waals surface area contributed by atoms with Crippen molar-refractivity contribution >= 4 is 11.6 Å². The molecule has 3 nitrogen and oxygen atoms in total. The number of rotatable bonds is 3. The van der Waals surface area contributed by atoms with E-state index in [2.05, 4.69) is 18.9 Å². The van der Waals surface area contributed by atoms with E-state index in [1.165, 1.54) is 4.68 Å². The highest BCUT2D eigenvalue weighted by Gasteiger charge is 2.06. The summed E-state index contributed by atoms with van der Waals surface area (Å²) < 4.78 is 1.54. The van der Waals surface area contributed by atoms with Crippen LogP contribution >= 0.6 is 11.6 Å². The van der Waals surface area contributed by atoms with E-state index in [4.69, 9.17) is 11.6 Å². The fourth-order valence-electron chi connectivity index (χ4n) is 1.77. The van der Waals surface area contributed by atoms with Crippen LogP contribution in [0, 0.1) is 5.92 Å². The van der Waals surface area contributed by atoms with Gasteiger partial charge in [-0.2, -0.15) is 0 Å². The number of benzene rings is 1. The number of hydrogen-bond donors (Lipinski definition) is 1. The summed E-state index contributed by atoms with van der Waals surface area (Å²) in [6.07, 6.45) is 0.871. The fraction of sp³-hybridized carbons (Fsp3) is 0.308. The highest BCUT2D eigenvalue weighted by molar-refractivity contribution is 6.30. The van der Waals surface area contributed by atoms with Gasteiger partial charge in [-0.1, -0.05) is 25.4 Å². The highest BCUT2D eigenvalue weighted by atomic mass is 35.5. The van der Waals surface area contributed by atoms with Gasteiger partial charge in [-0.05, 0) is 36.6 Å². The standard InChI is InChI=1S/C13H15ClN2O/c1-9(2)7-11-8-13(17)16(15-11)12-5-3-10(14)4-6-12/h3-6,8-9,15H,7H2,1-2H3. The van der Waals surface area contributed by atoms with Crippen LogP contribution in [0.25, 0.3) is 5.69 Å². The molecular weight excluding hydrogens is 236 g/mol. The van der Waals surface area contributed by atoms with Crippen LogP contribution in [-0.4, -0.2) is 9.78 Å². The number of nitrogens with zero attached hydrogens (tertiary/aromatic N) is 1. The zero-order chi connectivity index (χ0) is 12.4. The molecule has 90 valence electrons. The van der Waals surface area contributed by atoms with Gasteiger partial charge in [0.25, 0.3) is 5.56 Å². The minimum Gasteiger partial charge on any atom is -0.295 e. The number of aromatic amines is 1. The van der Waals surface area contributed by atoms with Gasteiger partial charge in [-0.25, -0.2) is 4.68 Å². The molecule has 2 rings (SSSR count). The molecule has 0 aliphatic carbocycles. The van der Waals surface area contributed by atoms with E-state index in [1.54, 1.807) is 18.2 Å². The van der Waals surface area contributed by atoms with Crippen molar-refractivity contribution in [3.8, 4) is 5.69 Å².